The van der Waals surface area contributed by atoms with E-state index in [4.69, 9.17) is 0 Å². The van der Waals surface area contributed by atoms with Crippen molar-refractivity contribution in [1.82, 2.24) is 0 Å². The Morgan fingerprint density at radius 1 is 0.895 bits per heavy atom. The van der Waals surface area contributed by atoms with Crippen LogP contribution in [-0.4, -0.2) is 14.1 Å². The molecular weight excluding hydrogens is 230 g/mol. The molecule has 1 aliphatic carbocycles. The maximum atomic E-state index is 2.38. The summed E-state index contributed by atoms with van der Waals surface area (Å²) in [5.74, 6) is 0.603. The van der Waals surface area contributed by atoms with Crippen LogP contribution in [-0.2, 0) is 6.42 Å². The monoisotopic (exact) mass is 251 g/mol. The van der Waals surface area contributed by atoms with E-state index in [-0.39, 0.29) is 0 Å². The highest BCUT2D eigenvalue weighted by molar-refractivity contribution is 5.79. The molecule has 1 heteroatoms. The van der Waals surface area contributed by atoms with Crippen LogP contribution < -0.4 is 4.90 Å². The number of anilines is 1. The molecule has 98 valence electrons. The van der Waals surface area contributed by atoms with Gasteiger partial charge in [-0.3, -0.25) is 0 Å². The van der Waals surface area contributed by atoms with Crippen molar-refractivity contribution in [2.75, 3.05) is 19.0 Å². The maximum absolute atomic E-state index is 2.38. The fourth-order valence-corrected chi connectivity index (χ4v) is 2.85. The second-order valence-corrected chi connectivity index (χ2v) is 5.98. The fourth-order valence-electron chi connectivity index (χ4n) is 2.85. The van der Waals surface area contributed by atoms with E-state index in [1.54, 1.807) is 0 Å². The summed E-state index contributed by atoms with van der Waals surface area (Å²) in [4.78, 5) is 2.17. The summed E-state index contributed by atoms with van der Waals surface area (Å²) in [7, 11) is 4.20. The number of nitrogens with zero attached hydrogens (tertiary/aromatic N) is 1. The lowest BCUT2D eigenvalue weighted by Crippen LogP contribution is -2.08. The third kappa shape index (κ3) is 2.03. The highest BCUT2D eigenvalue weighted by Crippen LogP contribution is 2.39. The lowest BCUT2D eigenvalue weighted by molar-refractivity contribution is 0.864. The van der Waals surface area contributed by atoms with E-state index in [2.05, 4.69) is 69.2 Å². The Labute approximate surface area is 115 Å². The van der Waals surface area contributed by atoms with Crippen molar-refractivity contribution in [3.05, 3.63) is 53.1 Å². The number of hydrogen-bond donors (Lipinski definition) is 0. The van der Waals surface area contributed by atoms with Crippen molar-refractivity contribution in [2.24, 2.45) is 0 Å². The maximum Gasteiger partial charge on any atom is 0.0364 e. The van der Waals surface area contributed by atoms with Crippen LogP contribution >= 0.6 is 0 Å². The summed E-state index contributed by atoms with van der Waals surface area (Å²) >= 11 is 0. The molecule has 0 fully saturated rings. The van der Waals surface area contributed by atoms with Gasteiger partial charge in [-0.25, -0.2) is 0 Å². The first-order valence-electron chi connectivity index (χ1n) is 6.99. The minimum atomic E-state index is 0.603. The predicted octanol–water partition coefficient (Wildman–Crippen LogP) is 4.45. The first-order valence-corrected chi connectivity index (χ1v) is 6.99. The van der Waals surface area contributed by atoms with Crippen LogP contribution in [0.25, 0.3) is 11.1 Å². The summed E-state index contributed by atoms with van der Waals surface area (Å²) in [5.41, 5.74) is 8.51. The average molecular weight is 251 g/mol. The molecule has 0 N–H and O–H groups in total. The number of benzene rings is 2. The highest BCUT2D eigenvalue weighted by Gasteiger charge is 2.19. The Morgan fingerprint density at radius 3 is 2.16 bits per heavy atom. The largest absolute Gasteiger partial charge is 0.378 e. The van der Waals surface area contributed by atoms with Gasteiger partial charge >= 0.3 is 0 Å². The number of hydrogen-bond acceptors (Lipinski definition) is 1. The molecule has 0 amide bonds. The van der Waals surface area contributed by atoms with Crippen molar-refractivity contribution in [3.8, 4) is 11.1 Å². The van der Waals surface area contributed by atoms with Crippen LogP contribution in [0.5, 0.6) is 0 Å². The van der Waals surface area contributed by atoms with Crippen molar-refractivity contribution in [3.63, 3.8) is 0 Å². The zero-order valence-corrected chi connectivity index (χ0v) is 12.2. The van der Waals surface area contributed by atoms with Crippen molar-refractivity contribution < 1.29 is 0 Å². The number of rotatable bonds is 2. The summed E-state index contributed by atoms with van der Waals surface area (Å²) in [6.07, 6.45) is 1.08. The Hall–Kier alpha value is -1.76. The van der Waals surface area contributed by atoms with Gasteiger partial charge in [0.15, 0.2) is 0 Å². The van der Waals surface area contributed by atoms with Gasteiger partial charge < -0.3 is 4.90 Å². The van der Waals surface area contributed by atoms with E-state index in [0.717, 1.165) is 6.42 Å². The average Bonchev–Trinajstić information content (AvgIpc) is 2.74. The smallest absolute Gasteiger partial charge is 0.0364 e. The van der Waals surface area contributed by atoms with Gasteiger partial charge in [0.05, 0.1) is 0 Å². The molecule has 3 rings (SSSR count). The third-order valence-corrected chi connectivity index (χ3v) is 4.07. The van der Waals surface area contributed by atoms with E-state index < -0.39 is 0 Å². The minimum absolute atomic E-state index is 0.603. The van der Waals surface area contributed by atoms with E-state index in [0.29, 0.717) is 5.92 Å². The Bertz CT molecular complexity index is 568. The minimum Gasteiger partial charge on any atom is -0.378 e. The van der Waals surface area contributed by atoms with Crippen LogP contribution in [0.3, 0.4) is 0 Å². The van der Waals surface area contributed by atoms with Crippen molar-refractivity contribution >= 4 is 5.69 Å². The van der Waals surface area contributed by atoms with Crippen molar-refractivity contribution in [2.45, 2.75) is 26.2 Å². The molecule has 1 nitrogen and oxygen atoms in total. The summed E-state index contributed by atoms with van der Waals surface area (Å²) in [5, 5.41) is 0. The fraction of sp³-hybridized carbons (Fsp3) is 0.333. The molecule has 0 heterocycles. The normalized spacial score (nSPS) is 12.5. The third-order valence-electron chi connectivity index (χ3n) is 4.07. The molecule has 1 aliphatic rings. The molecule has 0 atom stereocenters. The molecule has 0 unspecified atom stereocenters. The molecule has 19 heavy (non-hydrogen) atoms. The van der Waals surface area contributed by atoms with Crippen LogP contribution in [0.2, 0.25) is 0 Å². The zero-order valence-electron chi connectivity index (χ0n) is 12.2. The summed E-state index contributed by atoms with van der Waals surface area (Å²) in [6.45, 7) is 4.52. The predicted molar refractivity (Wildman–Crippen MR) is 83.1 cm³/mol. The van der Waals surface area contributed by atoms with Gasteiger partial charge in [-0.15, -0.1) is 0 Å². The molecule has 0 spiro atoms. The van der Waals surface area contributed by atoms with Crippen molar-refractivity contribution in [1.29, 1.82) is 0 Å². The van der Waals surface area contributed by atoms with Crippen LogP contribution in [0.15, 0.2) is 36.4 Å². The van der Waals surface area contributed by atoms with Gasteiger partial charge in [0.1, 0.15) is 0 Å². The molecule has 0 saturated heterocycles. The lowest BCUT2D eigenvalue weighted by Gasteiger charge is -2.13. The first kappa shape index (κ1) is 12.3. The van der Waals surface area contributed by atoms with Crippen LogP contribution in [0, 0.1) is 0 Å². The highest BCUT2D eigenvalue weighted by atomic mass is 15.1. The quantitative estimate of drug-likeness (QED) is 0.650. The summed E-state index contributed by atoms with van der Waals surface area (Å²) < 4.78 is 0. The van der Waals surface area contributed by atoms with E-state index in [1.165, 1.54) is 33.5 Å². The van der Waals surface area contributed by atoms with Gasteiger partial charge in [-0.1, -0.05) is 38.1 Å². The van der Waals surface area contributed by atoms with Gasteiger partial charge in [0.25, 0.3) is 0 Å². The van der Waals surface area contributed by atoms with Gasteiger partial charge in [0.2, 0.25) is 0 Å². The zero-order chi connectivity index (χ0) is 13.6. The van der Waals surface area contributed by atoms with Gasteiger partial charge in [0, 0.05) is 19.8 Å². The topological polar surface area (TPSA) is 3.24 Å². The van der Waals surface area contributed by atoms with E-state index in [9.17, 15) is 0 Å². The Morgan fingerprint density at radius 2 is 1.53 bits per heavy atom. The standard InChI is InChI=1S/C18H21N/c1-12(2)13-5-7-17-14(9-13)10-15-11-16(19(3)4)6-8-18(15)17/h5-9,11-12H,10H2,1-4H3. The van der Waals surface area contributed by atoms with Gasteiger partial charge in [-0.05, 0) is 52.3 Å². The number of fused-ring (bicyclic) bond motifs is 3. The van der Waals surface area contributed by atoms with Crippen LogP contribution in [0.1, 0.15) is 36.5 Å². The molecule has 0 bridgehead atoms. The Kier molecular flexibility index (Phi) is 2.85. The van der Waals surface area contributed by atoms with Crippen LogP contribution in [0.4, 0.5) is 5.69 Å². The Balaban J connectivity index is 2.05. The second-order valence-electron chi connectivity index (χ2n) is 5.98. The molecule has 2 aromatic carbocycles. The molecular formula is C18H21N. The molecule has 0 radical (unpaired) electrons. The van der Waals surface area contributed by atoms with Gasteiger partial charge in [-0.2, -0.15) is 0 Å². The second kappa shape index (κ2) is 4.41. The summed E-state index contributed by atoms with van der Waals surface area (Å²) in [6, 6.07) is 13.8. The molecule has 2 aromatic rings. The first-order chi connectivity index (χ1) is 9.06. The molecule has 0 aliphatic heterocycles. The lowest BCUT2D eigenvalue weighted by atomic mass is 9.97. The molecule has 0 aromatic heterocycles. The van der Waals surface area contributed by atoms with E-state index >= 15 is 0 Å². The molecule has 0 saturated carbocycles. The van der Waals surface area contributed by atoms with E-state index in [1.807, 2.05) is 0 Å². The SMILES string of the molecule is CC(C)c1ccc2c(c1)Cc1cc(N(C)C)ccc1-2.